The molecule has 12 heavy (non-hydrogen) atoms. The van der Waals surface area contributed by atoms with Crippen LogP contribution < -0.4 is 10.5 Å². The Hall–Kier alpha value is -1.62. The molecule has 5 nitrogen and oxygen atoms in total. The van der Waals surface area contributed by atoms with E-state index in [2.05, 4.69) is 0 Å². The number of nitrogens with two attached hydrogens (primary N) is 1. The summed E-state index contributed by atoms with van der Waals surface area (Å²) in [6.07, 6.45) is 0. The minimum absolute atomic E-state index is 0.0411. The summed E-state index contributed by atoms with van der Waals surface area (Å²) in [6, 6.07) is 5.74. The van der Waals surface area contributed by atoms with Crippen LogP contribution in [-0.2, 0) is 0 Å². The first-order chi connectivity index (χ1) is 5.74. The lowest BCUT2D eigenvalue weighted by atomic mass is 10.3. The maximum atomic E-state index is 10.2. The van der Waals surface area contributed by atoms with E-state index in [1.807, 2.05) is 0 Å². The first-order valence-electron chi connectivity index (χ1n) is 3.31. The number of rotatable bonds is 3. The molecule has 0 amide bonds. The number of non-ortho nitro benzene ring substituents is 1. The molecule has 0 radical (unpaired) electrons. The molecule has 0 bridgehead atoms. The van der Waals surface area contributed by atoms with Crippen LogP contribution in [0.15, 0.2) is 24.3 Å². The number of benzene rings is 1. The summed E-state index contributed by atoms with van der Waals surface area (Å²) in [7, 11) is 0. The summed E-state index contributed by atoms with van der Waals surface area (Å²) >= 11 is 0. The Labute approximate surface area is 68.9 Å². The van der Waals surface area contributed by atoms with Gasteiger partial charge in [-0.25, -0.2) is 0 Å². The average Bonchev–Trinajstić information content (AvgIpc) is 2.06. The Bertz CT molecular complexity index is 270. The molecule has 0 aliphatic heterocycles. The second-order valence-corrected chi connectivity index (χ2v) is 2.06. The van der Waals surface area contributed by atoms with Crippen molar-refractivity contribution >= 4 is 5.69 Å². The van der Waals surface area contributed by atoms with Gasteiger partial charge < -0.3 is 4.74 Å². The number of hydrogen-bond donors (Lipinski definition) is 1. The maximum Gasteiger partial charge on any atom is 0.269 e. The average molecular weight is 168 g/mol. The van der Waals surface area contributed by atoms with Crippen LogP contribution in [0.2, 0.25) is 0 Å². The largest absolute Gasteiger partial charge is 0.479 e. The van der Waals surface area contributed by atoms with Crippen molar-refractivity contribution in [2.75, 3.05) is 6.73 Å². The molecule has 0 unspecified atom stereocenters. The molecule has 0 atom stereocenters. The second-order valence-electron chi connectivity index (χ2n) is 2.06. The number of nitrogens with zero attached hydrogens (tertiary/aromatic N) is 1. The molecule has 0 aliphatic carbocycles. The predicted molar refractivity (Wildman–Crippen MR) is 42.8 cm³/mol. The van der Waals surface area contributed by atoms with Crippen molar-refractivity contribution in [3.05, 3.63) is 34.4 Å². The molecule has 0 aromatic heterocycles. The zero-order valence-corrected chi connectivity index (χ0v) is 6.27. The fourth-order valence-corrected chi connectivity index (χ4v) is 0.760. The van der Waals surface area contributed by atoms with Gasteiger partial charge in [-0.05, 0) is 12.1 Å². The molecule has 0 aliphatic rings. The first-order valence-corrected chi connectivity index (χ1v) is 3.31. The minimum Gasteiger partial charge on any atom is -0.479 e. The smallest absolute Gasteiger partial charge is 0.269 e. The molecule has 0 spiro atoms. The standard InChI is InChI=1S/C7H8N2O3/c8-5-12-7-3-1-6(2-4-7)9(10)11/h1-4H,5,8H2. The number of nitro benzene ring substituents is 1. The van der Waals surface area contributed by atoms with Gasteiger partial charge in [0, 0.05) is 12.1 Å². The minimum atomic E-state index is -0.466. The van der Waals surface area contributed by atoms with E-state index in [4.69, 9.17) is 10.5 Å². The zero-order valence-electron chi connectivity index (χ0n) is 6.27. The summed E-state index contributed by atoms with van der Waals surface area (Å²) in [5, 5.41) is 10.2. The number of hydrogen-bond acceptors (Lipinski definition) is 4. The van der Waals surface area contributed by atoms with Crippen molar-refractivity contribution in [1.29, 1.82) is 0 Å². The Kier molecular flexibility index (Phi) is 2.60. The summed E-state index contributed by atoms with van der Waals surface area (Å²) in [6.45, 7) is 0.0673. The third kappa shape index (κ3) is 1.93. The molecule has 0 heterocycles. The van der Waals surface area contributed by atoms with E-state index >= 15 is 0 Å². The molecule has 5 heteroatoms. The maximum absolute atomic E-state index is 10.2. The highest BCUT2D eigenvalue weighted by atomic mass is 16.6. The highest BCUT2D eigenvalue weighted by molar-refractivity contribution is 5.35. The van der Waals surface area contributed by atoms with Gasteiger partial charge >= 0.3 is 0 Å². The van der Waals surface area contributed by atoms with Gasteiger partial charge in [0.1, 0.15) is 12.5 Å². The molecular weight excluding hydrogens is 160 g/mol. The van der Waals surface area contributed by atoms with Gasteiger partial charge in [0.2, 0.25) is 0 Å². The zero-order chi connectivity index (χ0) is 8.97. The lowest BCUT2D eigenvalue weighted by Crippen LogP contribution is -2.06. The Morgan fingerprint density at radius 2 is 2.00 bits per heavy atom. The lowest BCUT2D eigenvalue weighted by Gasteiger charge is -2.00. The van der Waals surface area contributed by atoms with Crippen LogP contribution >= 0.6 is 0 Å². The summed E-state index contributed by atoms with van der Waals surface area (Å²) < 4.78 is 4.90. The topological polar surface area (TPSA) is 78.4 Å². The van der Waals surface area contributed by atoms with Crippen molar-refractivity contribution in [2.24, 2.45) is 5.73 Å². The van der Waals surface area contributed by atoms with Crippen molar-refractivity contribution in [2.45, 2.75) is 0 Å². The van der Waals surface area contributed by atoms with Crippen LogP contribution in [-0.4, -0.2) is 11.7 Å². The van der Waals surface area contributed by atoms with E-state index in [1.54, 1.807) is 0 Å². The van der Waals surface area contributed by atoms with Crippen molar-refractivity contribution < 1.29 is 9.66 Å². The van der Waals surface area contributed by atoms with Crippen LogP contribution in [0.1, 0.15) is 0 Å². The van der Waals surface area contributed by atoms with E-state index in [9.17, 15) is 10.1 Å². The van der Waals surface area contributed by atoms with Crippen molar-refractivity contribution in [3.8, 4) is 5.75 Å². The van der Waals surface area contributed by atoms with Crippen molar-refractivity contribution in [1.82, 2.24) is 0 Å². The van der Waals surface area contributed by atoms with E-state index < -0.39 is 4.92 Å². The van der Waals surface area contributed by atoms with E-state index in [0.717, 1.165) is 0 Å². The molecule has 1 rings (SSSR count). The first kappa shape index (κ1) is 8.48. The van der Waals surface area contributed by atoms with Crippen LogP contribution in [0, 0.1) is 10.1 Å². The Balaban J connectivity index is 2.78. The van der Waals surface area contributed by atoms with E-state index in [1.165, 1.54) is 24.3 Å². The number of nitro groups is 1. The van der Waals surface area contributed by atoms with Gasteiger partial charge in [-0.2, -0.15) is 0 Å². The molecule has 0 saturated carbocycles. The third-order valence-corrected chi connectivity index (χ3v) is 1.30. The Morgan fingerprint density at radius 3 is 2.42 bits per heavy atom. The van der Waals surface area contributed by atoms with Crippen molar-refractivity contribution in [3.63, 3.8) is 0 Å². The molecule has 64 valence electrons. The molecule has 1 aromatic rings. The quantitative estimate of drug-likeness (QED) is 0.413. The monoisotopic (exact) mass is 168 g/mol. The normalized spacial score (nSPS) is 9.42. The van der Waals surface area contributed by atoms with Gasteiger partial charge in [0.25, 0.3) is 5.69 Å². The summed E-state index contributed by atoms with van der Waals surface area (Å²) in [4.78, 5) is 9.74. The second kappa shape index (κ2) is 3.68. The molecular formula is C7H8N2O3. The fourth-order valence-electron chi connectivity index (χ4n) is 0.760. The van der Waals surface area contributed by atoms with E-state index in [-0.39, 0.29) is 12.4 Å². The predicted octanol–water partition coefficient (Wildman–Crippen LogP) is 0.890. The summed E-state index contributed by atoms with van der Waals surface area (Å²) in [5.74, 6) is 0.531. The lowest BCUT2D eigenvalue weighted by molar-refractivity contribution is -0.384. The van der Waals surface area contributed by atoms with Gasteiger partial charge in [0.15, 0.2) is 0 Å². The summed E-state index contributed by atoms with van der Waals surface area (Å²) in [5.41, 5.74) is 5.14. The molecule has 0 saturated heterocycles. The van der Waals surface area contributed by atoms with Crippen LogP contribution in [0.4, 0.5) is 5.69 Å². The number of ether oxygens (including phenoxy) is 1. The highest BCUT2D eigenvalue weighted by Crippen LogP contribution is 2.16. The molecule has 2 N–H and O–H groups in total. The van der Waals surface area contributed by atoms with Gasteiger partial charge in [-0.3, -0.25) is 15.8 Å². The van der Waals surface area contributed by atoms with Gasteiger partial charge in [-0.15, -0.1) is 0 Å². The fraction of sp³-hybridized carbons (Fsp3) is 0.143. The SMILES string of the molecule is NCOc1ccc([N+](=O)[O-])cc1. The van der Waals surface area contributed by atoms with Crippen LogP contribution in [0.5, 0.6) is 5.75 Å². The molecule has 0 fully saturated rings. The van der Waals surface area contributed by atoms with Crippen LogP contribution in [0.3, 0.4) is 0 Å². The van der Waals surface area contributed by atoms with Gasteiger partial charge in [-0.1, -0.05) is 0 Å². The van der Waals surface area contributed by atoms with Gasteiger partial charge in [0.05, 0.1) is 4.92 Å². The third-order valence-electron chi connectivity index (χ3n) is 1.30. The molecule has 1 aromatic carbocycles. The van der Waals surface area contributed by atoms with Crippen LogP contribution in [0.25, 0.3) is 0 Å². The Morgan fingerprint density at radius 1 is 1.42 bits per heavy atom. The highest BCUT2D eigenvalue weighted by Gasteiger charge is 2.03. The van der Waals surface area contributed by atoms with E-state index in [0.29, 0.717) is 5.75 Å².